The molecule has 0 spiro atoms. The minimum Gasteiger partial charge on any atom is -0.462 e. The number of aromatic nitrogens is 3. The summed E-state index contributed by atoms with van der Waals surface area (Å²) in [7, 11) is 0. The third-order valence-electron chi connectivity index (χ3n) is 3.64. The van der Waals surface area contributed by atoms with Crippen LogP contribution in [0.1, 0.15) is 26.5 Å². The van der Waals surface area contributed by atoms with Crippen LogP contribution in [0.3, 0.4) is 0 Å². The van der Waals surface area contributed by atoms with Crippen LogP contribution in [0.5, 0.6) is 0 Å². The Bertz CT molecular complexity index is 619. The molecule has 2 heterocycles. The number of ether oxygens (including phenoxy) is 2. The van der Waals surface area contributed by atoms with E-state index in [1.54, 1.807) is 13.8 Å². The SMILES string of the molecule is CC(C)[C@@H](N)C(=O)OC[C@H]1O[C@@H](n2cnc(N)nc2=O)C[C@@H]1O. The van der Waals surface area contributed by atoms with Crippen LogP contribution in [0.25, 0.3) is 0 Å². The molecule has 1 aliphatic heterocycles. The lowest BCUT2D eigenvalue weighted by Gasteiger charge is -2.18. The summed E-state index contributed by atoms with van der Waals surface area (Å²) in [5.41, 5.74) is 10.4. The van der Waals surface area contributed by atoms with Gasteiger partial charge in [0.1, 0.15) is 31.3 Å². The van der Waals surface area contributed by atoms with Crippen molar-refractivity contribution in [3.63, 3.8) is 0 Å². The third kappa shape index (κ3) is 4.03. The fourth-order valence-electron chi connectivity index (χ4n) is 2.12. The number of aliphatic hydroxyl groups is 1. The van der Waals surface area contributed by atoms with Gasteiger partial charge in [0, 0.05) is 6.42 Å². The van der Waals surface area contributed by atoms with Gasteiger partial charge in [-0.1, -0.05) is 13.8 Å². The van der Waals surface area contributed by atoms with E-state index >= 15 is 0 Å². The van der Waals surface area contributed by atoms with Crippen LogP contribution >= 0.6 is 0 Å². The predicted octanol–water partition coefficient (Wildman–Crippen LogP) is -1.60. The number of hydrogen-bond donors (Lipinski definition) is 3. The maximum absolute atomic E-state index is 11.7. The molecule has 4 atom stereocenters. The summed E-state index contributed by atoms with van der Waals surface area (Å²) in [6.45, 7) is 3.45. The highest BCUT2D eigenvalue weighted by atomic mass is 16.6. The van der Waals surface area contributed by atoms with E-state index in [0.717, 1.165) is 4.57 Å². The number of carbonyl (C=O) groups is 1. The first-order valence-corrected chi connectivity index (χ1v) is 7.26. The number of nitrogen functional groups attached to an aromatic ring is 1. The van der Waals surface area contributed by atoms with Gasteiger partial charge in [-0.05, 0) is 5.92 Å². The first-order chi connectivity index (χ1) is 10.8. The van der Waals surface area contributed by atoms with E-state index in [1.807, 2.05) is 0 Å². The van der Waals surface area contributed by atoms with Gasteiger partial charge in [0.15, 0.2) is 0 Å². The molecule has 1 aromatic rings. The summed E-state index contributed by atoms with van der Waals surface area (Å²) >= 11 is 0. The Labute approximate surface area is 132 Å². The van der Waals surface area contributed by atoms with Gasteiger partial charge >= 0.3 is 11.7 Å². The van der Waals surface area contributed by atoms with Gasteiger partial charge in [-0.3, -0.25) is 9.36 Å². The normalized spacial score (nSPS) is 25.5. The van der Waals surface area contributed by atoms with Crippen molar-refractivity contribution in [1.29, 1.82) is 0 Å². The lowest BCUT2D eigenvalue weighted by Crippen LogP contribution is -2.39. The van der Waals surface area contributed by atoms with Crippen LogP contribution < -0.4 is 17.2 Å². The zero-order valence-electron chi connectivity index (χ0n) is 13.0. The quantitative estimate of drug-likeness (QED) is 0.542. The van der Waals surface area contributed by atoms with Gasteiger partial charge in [0.2, 0.25) is 5.95 Å². The molecule has 1 aliphatic rings. The molecule has 2 rings (SSSR count). The largest absolute Gasteiger partial charge is 0.462 e. The third-order valence-corrected chi connectivity index (χ3v) is 3.64. The second-order valence-corrected chi connectivity index (χ2v) is 5.74. The minimum absolute atomic E-state index is 0.0600. The van der Waals surface area contributed by atoms with Gasteiger partial charge in [0.25, 0.3) is 0 Å². The van der Waals surface area contributed by atoms with Gasteiger partial charge in [-0.15, -0.1) is 0 Å². The number of rotatable bonds is 5. The van der Waals surface area contributed by atoms with Gasteiger partial charge < -0.3 is 26.0 Å². The summed E-state index contributed by atoms with van der Waals surface area (Å²) in [5.74, 6) is -0.764. The molecule has 10 nitrogen and oxygen atoms in total. The number of carbonyl (C=O) groups excluding carboxylic acids is 1. The first-order valence-electron chi connectivity index (χ1n) is 7.26. The molecule has 23 heavy (non-hydrogen) atoms. The number of nitrogens with two attached hydrogens (primary N) is 2. The molecule has 1 fully saturated rings. The molecule has 0 saturated carbocycles. The van der Waals surface area contributed by atoms with E-state index in [1.165, 1.54) is 6.33 Å². The molecule has 1 saturated heterocycles. The summed E-state index contributed by atoms with van der Waals surface area (Å²) < 4.78 is 11.7. The highest BCUT2D eigenvalue weighted by molar-refractivity contribution is 5.75. The Morgan fingerprint density at radius 3 is 2.91 bits per heavy atom. The van der Waals surface area contributed by atoms with Gasteiger partial charge in [-0.25, -0.2) is 9.78 Å². The van der Waals surface area contributed by atoms with E-state index < -0.39 is 36.1 Å². The molecule has 5 N–H and O–H groups in total. The zero-order chi connectivity index (χ0) is 17.1. The molecule has 0 aliphatic carbocycles. The van der Waals surface area contributed by atoms with Crippen molar-refractivity contribution in [2.24, 2.45) is 11.7 Å². The average Bonchev–Trinajstić information content (AvgIpc) is 2.84. The molecular weight excluding hydrogens is 306 g/mol. The smallest absolute Gasteiger partial charge is 0.354 e. The van der Waals surface area contributed by atoms with Gasteiger partial charge in [-0.2, -0.15) is 4.98 Å². The highest BCUT2D eigenvalue weighted by Gasteiger charge is 2.37. The summed E-state index contributed by atoms with van der Waals surface area (Å²) in [4.78, 5) is 30.7. The van der Waals surface area contributed by atoms with Crippen molar-refractivity contribution in [2.75, 3.05) is 12.3 Å². The van der Waals surface area contributed by atoms with Crippen LogP contribution in [0.2, 0.25) is 0 Å². The maximum Gasteiger partial charge on any atom is 0.354 e. The van der Waals surface area contributed by atoms with E-state index in [-0.39, 0.29) is 24.9 Å². The van der Waals surface area contributed by atoms with Crippen molar-refractivity contribution in [1.82, 2.24) is 14.5 Å². The zero-order valence-corrected chi connectivity index (χ0v) is 13.0. The van der Waals surface area contributed by atoms with E-state index in [4.69, 9.17) is 20.9 Å². The summed E-state index contributed by atoms with van der Waals surface area (Å²) in [5, 5.41) is 10.00. The van der Waals surface area contributed by atoms with Crippen molar-refractivity contribution >= 4 is 11.9 Å². The van der Waals surface area contributed by atoms with Crippen LogP contribution in [0.15, 0.2) is 11.1 Å². The highest BCUT2D eigenvalue weighted by Crippen LogP contribution is 2.27. The standard InChI is InChI=1S/C13H21N5O5/c1-6(2)10(14)11(20)22-4-8-7(19)3-9(23-8)18-5-16-12(15)17-13(18)21/h5-10,19H,3-4,14H2,1-2H3,(H2,15,17,21)/t7-,8+,9+,10+/m0/s1. The number of aliphatic hydroxyl groups excluding tert-OH is 1. The Kier molecular flexibility index (Phi) is 5.29. The van der Waals surface area contributed by atoms with Crippen LogP contribution in [0, 0.1) is 5.92 Å². The van der Waals surface area contributed by atoms with E-state index in [9.17, 15) is 14.7 Å². The van der Waals surface area contributed by atoms with Crippen molar-refractivity contribution in [3.05, 3.63) is 16.8 Å². The average molecular weight is 327 g/mol. The molecule has 0 aromatic carbocycles. The Balaban J connectivity index is 1.96. The maximum atomic E-state index is 11.7. The van der Waals surface area contributed by atoms with Crippen molar-refractivity contribution in [2.45, 2.75) is 44.7 Å². The predicted molar refractivity (Wildman–Crippen MR) is 79.0 cm³/mol. The molecule has 0 unspecified atom stereocenters. The van der Waals surface area contributed by atoms with Crippen LogP contribution in [0.4, 0.5) is 5.95 Å². The molecule has 128 valence electrons. The Hall–Kier alpha value is -2.04. The Morgan fingerprint density at radius 1 is 1.61 bits per heavy atom. The number of esters is 1. The lowest BCUT2D eigenvalue weighted by atomic mass is 10.1. The lowest BCUT2D eigenvalue weighted by molar-refractivity contribution is -0.152. The topological polar surface area (TPSA) is 156 Å². The summed E-state index contributed by atoms with van der Waals surface area (Å²) in [6, 6.07) is -0.738. The molecule has 0 amide bonds. The fourth-order valence-corrected chi connectivity index (χ4v) is 2.12. The molecule has 10 heteroatoms. The van der Waals surface area contributed by atoms with E-state index in [0.29, 0.717) is 0 Å². The van der Waals surface area contributed by atoms with Gasteiger partial charge in [0.05, 0.1) is 6.10 Å². The monoisotopic (exact) mass is 327 g/mol. The molecule has 0 radical (unpaired) electrons. The number of anilines is 1. The van der Waals surface area contributed by atoms with Crippen molar-refractivity contribution in [3.8, 4) is 0 Å². The minimum atomic E-state index is -0.896. The van der Waals surface area contributed by atoms with E-state index in [2.05, 4.69) is 9.97 Å². The second kappa shape index (κ2) is 7.02. The van der Waals surface area contributed by atoms with Crippen LogP contribution in [-0.4, -0.2) is 50.5 Å². The first kappa shape index (κ1) is 17.3. The second-order valence-electron chi connectivity index (χ2n) is 5.74. The molecule has 1 aromatic heterocycles. The Morgan fingerprint density at radius 2 is 2.30 bits per heavy atom. The number of hydrogen-bond acceptors (Lipinski definition) is 9. The summed E-state index contributed by atoms with van der Waals surface area (Å²) in [6.07, 6.45) is -1.06. The molecule has 0 bridgehead atoms. The van der Waals surface area contributed by atoms with Crippen molar-refractivity contribution < 1.29 is 19.4 Å². The molecular formula is C13H21N5O5. The number of nitrogens with zero attached hydrogens (tertiary/aromatic N) is 3. The van der Waals surface area contributed by atoms with Crippen LogP contribution in [-0.2, 0) is 14.3 Å². The fraction of sp³-hybridized carbons (Fsp3) is 0.692.